The Bertz CT molecular complexity index is 647. The normalized spacial score (nSPS) is 11.4. The van der Waals surface area contributed by atoms with Gasteiger partial charge in [-0.15, -0.1) is 0 Å². The summed E-state index contributed by atoms with van der Waals surface area (Å²) >= 11 is 7.14. The van der Waals surface area contributed by atoms with Crippen LogP contribution in [0, 0.1) is 0 Å². The van der Waals surface area contributed by atoms with Crippen molar-refractivity contribution >= 4 is 34.8 Å². The molecule has 0 fully saturated rings. The quantitative estimate of drug-likeness (QED) is 0.851. The number of hydrogen-bond donors (Lipinski definition) is 1. The molecule has 0 aliphatic rings. The number of rotatable bonds is 2. The standard InChI is InChI=1S/C14H15ClN2O2S/c1-14(2,3)19-13(18)12-10(16)11(17-20-12)8-6-4-5-7-9(8)15/h4-7H,16H2,1-3H3. The number of ether oxygens (including phenoxy) is 1. The van der Waals surface area contributed by atoms with Crippen LogP contribution in [-0.2, 0) is 4.74 Å². The molecule has 1 heterocycles. The third-order valence-electron chi connectivity index (χ3n) is 2.44. The highest BCUT2D eigenvalue weighted by molar-refractivity contribution is 7.09. The van der Waals surface area contributed by atoms with E-state index in [4.69, 9.17) is 22.1 Å². The van der Waals surface area contributed by atoms with Crippen LogP contribution in [-0.4, -0.2) is 15.9 Å². The van der Waals surface area contributed by atoms with Gasteiger partial charge in [0.2, 0.25) is 0 Å². The number of nitrogens with zero attached hydrogens (tertiary/aromatic N) is 1. The predicted octanol–water partition coefficient (Wildman–Crippen LogP) is 4.00. The molecule has 4 nitrogen and oxygen atoms in total. The fourth-order valence-corrected chi connectivity index (χ4v) is 2.53. The molecule has 106 valence electrons. The maximum Gasteiger partial charge on any atom is 0.352 e. The van der Waals surface area contributed by atoms with Gasteiger partial charge in [0.25, 0.3) is 0 Å². The van der Waals surface area contributed by atoms with E-state index in [1.165, 1.54) is 0 Å². The van der Waals surface area contributed by atoms with E-state index in [1.54, 1.807) is 26.8 Å². The van der Waals surface area contributed by atoms with Crippen LogP contribution < -0.4 is 5.73 Å². The lowest BCUT2D eigenvalue weighted by atomic mass is 10.1. The van der Waals surface area contributed by atoms with Crippen LogP contribution in [0.3, 0.4) is 0 Å². The van der Waals surface area contributed by atoms with Gasteiger partial charge in [-0.3, -0.25) is 0 Å². The molecule has 1 aromatic carbocycles. The lowest BCUT2D eigenvalue weighted by Crippen LogP contribution is -2.23. The summed E-state index contributed by atoms with van der Waals surface area (Å²) in [6, 6.07) is 7.23. The molecule has 1 aromatic heterocycles. The Morgan fingerprint density at radius 3 is 2.60 bits per heavy atom. The average Bonchev–Trinajstić information content (AvgIpc) is 2.69. The maximum absolute atomic E-state index is 12.0. The Morgan fingerprint density at radius 2 is 2.00 bits per heavy atom. The van der Waals surface area contributed by atoms with Gasteiger partial charge in [0.1, 0.15) is 11.3 Å². The molecule has 0 saturated heterocycles. The SMILES string of the molecule is CC(C)(C)OC(=O)c1snc(-c2ccccc2Cl)c1N. The predicted molar refractivity (Wildman–Crippen MR) is 82.1 cm³/mol. The molecular formula is C14H15ClN2O2S. The zero-order valence-corrected chi connectivity index (χ0v) is 13.0. The van der Waals surface area contributed by atoms with E-state index < -0.39 is 11.6 Å². The lowest BCUT2D eigenvalue weighted by Gasteiger charge is -2.18. The average molecular weight is 311 g/mol. The molecule has 0 unspecified atom stereocenters. The molecule has 0 spiro atoms. The second-order valence-corrected chi connectivity index (χ2v) is 6.44. The highest BCUT2D eigenvalue weighted by Crippen LogP contribution is 2.35. The highest BCUT2D eigenvalue weighted by Gasteiger charge is 2.24. The zero-order chi connectivity index (χ0) is 14.9. The van der Waals surface area contributed by atoms with Gasteiger partial charge < -0.3 is 10.5 Å². The molecule has 0 radical (unpaired) electrons. The molecule has 0 atom stereocenters. The van der Waals surface area contributed by atoms with Crippen LogP contribution >= 0.6 is 23.1 Å². The molecule has 2 N–H and O–H groups in total. The zero-order valence-electron chi connectivity index (χ0n) is 11.4. The van der Waals surface area contributed by atoms with E-state index in [9.17, 15) is 4.79 Å². The highest BCUT2D eigenvalue weighted by atomic mass is 35.5. The van der Waals surface area contributed by atoms with Gasteiger partial charge in [-0.1, -0.05) is 29.8 Å². The van der Waals surface area contributed by atoms with Gasteiger partial charge in [-0.25, -0.2) is 4.79 Å². The van der Waals surface area contributed by atoms with Gasteiger partial charge in [0.05, 0.1) is 10.7 Å². The Kier molecular flexibility index (Phi) is 4.01. The molecular weight excluding hydrogens is 296 g/mol. The minimum Gasteiger partial charge on any atom is -0.456 e. The van der Waals surface area contributed by atoms with Crippen LogP contribution in [0.25, 0.3) is 11.3 Å². The summed E-state index contributed by atoms with van der Waals surface area (Å²) in [5.74, 6) is -0.467. The van der Waals surface area contributed by atoms with Crippen molar-refractivity contribution in [3.63, 3.8) is 0 Å². The summed E-state index contributed by atoms with van der Waals surface area (Å²) < 4.78 is 9.53. The second-order valence-electron chi connectivity index (χ2n) is 5.26. The van der Waals surface area contributed by atoms with Crippen LogP contribution in [0.4, 0.5) is 5.69 Å². The number of anilines is 1. The number of benzene rings is 1. The van der Waals surface area contributed by atoms with Gasteiger partial charge in [0.15, 0.2) is 4.88 Å². The van der Waals surface area contributed by atoms with Gasteiger partial charge in [-0.05, 0) is 38.4 Å². The molecule has 2 rings (SSSR count). The first kappa shape index (κ1) is 14.8. The van der Waals surface area contributed by atoms with Crippen LogP contribution in [0.15, 0.2) is 24.3 Å². The molecule has 0 saturated carbocycles. The molecule has 0 aliphatic carbocycles. The van der Waals surface area contributed by atoms with Gasteiger partial charge in [-0.2, -0.15) is 4.37 Å². The molecule has 0 bridgehead atoms. The Labute approximate surface area is 126 Å². The van der Waals surface area contributed by atoms with Crippen molar-refractivity contribution in [2.45, 2.75) is 26.4 Å². The Balaban J connectivity index is 2.38. The van der Waals surface area contributed by atoms with E-state index in [2.05, 4.69) is 4.37 Å². The summed E-state index contributed by atoms with van der Waals surface area (Å²) in [6.45, 7) is 5.41. The number of esters is 1. The number of aromatic nitrogens is 1. The topological polar surface area (TPSA) is 65.2 Å². The van der Waals surface area contributed by atoms with Crippen molar-refractivity contribution < 1.29 is 9.53 Å². The second kappa shape index (κ2) is 5.42. The summed E-state index contributed by atoms with van der Waals surface area (Å²) in [4.78, 5) is 12.3. The number of nitrogens with two attached hydrogens (primary N) is 1. The van der Waals surface area contributed by atoms with Crippen molar-refractivity contribution in [3.05, 3.63) is 34.2 Å². The third kappa shape index (κ3) is 3.11. The molecule has 2 aromatic rings. The number of halogens is 1. The van der Waals surface area contributed by atoms with Crippen molar-refractivity contribution in [1.29, 1.82) is 0 Å². The van der Waals surface area contributed by atoms with Crippen LogP contribution in [0.2, 0.25) is 5.02 Å². The fraction of sp³-hybridized carbons (Fsp3) is 0.286. The first-order valence-electron chi connectivity index (χ1n) is 6.03. The molecule has 20 heavy (non-hydrogen) atoms. The van der Waals surface area contributed by atoms with E-state index in [-0.39, 0.29) is 0 Å². The monoisotopic (exact) mass is 310 g/mol. The van der Waals surface area contributed by atoms with E-state index in [1.807, 2.05) is 18.2 Å². The van der Waals surface area contributed by atoms with Gasteiger partial charge in [0, 0.05) is 5.56 Å². The minimum absolute atomic E-state index is 0.301. The lowest BCUT2D eigenvalue weighted by molar-refractivity contribution is 0.00764. The number of nitrogen functional groups attached to an aromatic ring is 1. The summed E-state index contributed by atoms with van der Waals surface area (Å²) in [5.41, 5.74) is 6.97. The van der Waals surface area contributed by atoms with Crippen molar-refractivity contribution in [2.24, 2.45) is 0 Å². The first-order valence-corrected chi connectivity index (χ1v) is 7.18. The van der Waals surface area contributed by atoms with Crippen molar-refractivity contribution in [3.8, 4) is 11.3 Å². The minimum atomic E-state index is -0.571. The van der Waals surface area contributed by atoms with E-state index in [0.29, 0.717) is 26.8 Å². The fourth-order valence-electron chi connectivity index (χ4n) is 1.62. The maximum atomic E-state index is 12.0. The Hall–Kier alpha value is -1.59. The molecule has 0 aliphatic heterocycles. The summed E-state index contributed by atoms with van der Waals surface area (Å²) in [7, 11) is 0. The number of hydrogen-bond acceptors (Lipinski definition) is 5. The van der Waals surface area contributed by atoms with E-state index >= 15 is 0 Å². The smallest absolute Gasteiger partial charge is 0.352 e. The largest absolute Gasteiger partial charge is 0.456 e. The summed E-state index contributed by atoms with van der Waals surface area (Å²) in [6.07, 6.45) is 0. The van der Waals surface area contributed by atoms with Gasteiger partial charge >= 0.3 is 5.97 Å². The molecule has 6 heteroatoms. The molecule has 0 amide bonds. The summed E-state index contributed by atoms with van der Waals surface area (Å²) in [5, 5.41) is 0.542. The third-order valence-corrected chi connectivity index (χ3v) is 3.61. The Morgan fingerprint density at radius 1 is 1.35 bits per heavy atom. The van der Waals surface area contributed by atoms with Crippen LogP contribution in [0.5, 0.6) is 0 Å². The van der Waals surface area contributed by atoms with Crippen LogP contribution in [0.1, 0.15) is 30.4 Å². The number of carbonyl (C=O) groups excluding carboxylic acids is 1. The van der Waals surface area contributed by atoms with Crippen molar-refractivity contribution in [1.82, 2.24) is 4.37 Å². The number of carbonyl (C=O) groups is 1. The van der Waals surface area contributed by atoms with E-state index in [0.717, 1.165) is 11.5 Å². The van der Waals surface area contributed by atoms with Crippen molar-refractivity contribution in [2.75, 3.05) is 5.73 Å². The first-order chi connectivity index (χ1) is 9.29.